The Kier molecular flexibility index (Phi) is 21.0. The summed E-state index contributed by atoms with van der Waals surface area (Å²) in [5, 5.41) is 64.8. The van der Waals surface area contributed by atoms with Crippen molar-refractivity contribution in [3.05, 3.63) is 0 Å². The minimum absolute atomic E-state index is 0.00763. The number of hydrogen-bond acceptors (Lipinski definition) is 16. The first-order valence-corrected chi connectivity index (χ1v) is 16.3. The lowest BCUT2D eigenvalue weighted by Crippen LogP contribution is -2.46. The Morgan fingerprint density at radius 3 is 1.35 bits per heavy atom. The maximum Gasteiger partial charge on any atom is 0.217 e. The monoisotopic (exact) mass is 700 g/mol. The summed E-state index contributed by atoms with van der Waals surface area (Å²) in [6, 6.07) is -1.44. The fourth-order valence-corrected chi connectivity index (χ4v) is 5.10. The predicted octanol–water partition coefficient (Wildman–Crippen LogP) is -3.61. The van der Waals surface area contributed by atoms with Crippen molar-refractivity contribution in [1.29, 1.82) is 0 Å². The largest absolute Gasteiger partial charge is 0.394 e. The van der Waals surface area contributed by atoms with E-state index in [2.05, 4.69) is 10.6 Å². The van der Waals surface area contributed by atoms with E-state index in [1.165, 1.54) is 13.8 Å². The minimum Gasteiger partial charge on any atom is -0.394 e. The molecule has 0 aromatic carbocycles. The van der Waals surface area contributed by atoms with Crippen molar-refractivity contribution in [2.24, 2.45) is 5.92 Å². The lowest BCUT2D eigenvalue weighted by atomic mass is 10.0. The molecule has 10 atom stereocenters. The number of ether oxygens (including phenoxy) is 8. The molecular formula is C30H56N2O16. The Bertz CT molecular complexity index is 822. The highest BCUT2D eigenvalue weighted by Gasteiger charge is 2.40. The topological polar surface area (TPSA) is 253 Å². The maximum absolute atomic E-state index is 11.6. The SMILES string of the molecule is CC(=O)NC1CC(O)C(O)C(CO)OC1OCCOCCOCC(C)COCCOCCOC1OC(CO)C(O)C(O)CC1NC(C)=O. The summed E-state index contributed by atoms with van der Waals surface area (Å²) < 4.78 is 44.9. The van der Waals surface area contributed by atoms with Crippen LogP contribution in [0.3, 0.4) is 0 Å². The van der Waals surface area contributed by atoms with Gasteiger partial charge in [0, 0.05) is 32.6 Å². The van der Waals surface area contributed by atoms with E-state index in [-0.39, 0.29) is 57.0 Å². The van der Waals surface area contributed by atoms with Gasteiger partial charge < -0.3 is 79.2 Å². The lowest BCUT2D eigenvalue weighted by molar-refractivity contribution is -0.208. The number of hydrogen-bond donors (Lipinski definition) is 8. The molecule has 2 aliphatic rings. The van der Waals surface area contributed by atoms with E-state index in [9.17, 15) is 40.2 Å². The number of aliphatic hydroxyl groups is 6. The van der Waals surface area contributed by atoms with Gasteiger partial charge in [-0.3, -0.25) is 9.59 Å². The van der Waals surface area contributed by atoms with Crippen LogP contribution in [0, 0.1) is 5.92 Å². The quantitative estimate of drug-likeness (QED) is 0.0508. The molecule has 0 spiro atoms. The molecule has 0 bridgehead atoms. The zero-order chi connectivity index (χ0) is 35.5. The molecule has 10 unspecified atom stereocenters. The Balaban J connectivity index is 1.51. The molecule has 8 N–H and O–H groups in total. The second-order valence-corrected chi connectivity index (χ2v) is 11.9. The zero-order valence-corrected chi connectivity index (χ0v) is 28.0. The van der Waals surface area contributed by atoms with Crippen LogP contribution < -0.4 is 10.6 Å². The van der Waals surface area contributed by atoms with Crippen LogP contribution in [0.4, 0.5) is 0 Å². The van der Waals surface area contributed by atoms with Crippen LogP contribution in [0.15, 0.2) is 0 Å². The molecule has 48 heavy (non-hydrogen) atoms. The van der Waals surface area contributed by atoms with Crippen LogP contribution in [0.1, 0.15) is 33.6 Å². The van der Waals surface area contributed by atoms with Gasteiger partial charge in [-0.25, -0.2) is 0 Å². The molecule has 2 fully saturated rings. The summed E-state index contributed by atoms with van der Waals surface area (Å²) in [6.45, 7) is 6.37. The third-order valence-corrected chi connectivity index (χ3v) is 7.52. The molecule has 2 heterocycles. The molecule has 0 saturated carbocycles. The molecule has 0 aliphatic carbocycles. The second-order valence-electron chi connectivity index (χ2n) is 11.9. The van der Waals surface area contributed by atoms with Gasteiger partial charge in [-0.2, -0.15) is 0 Å². The second kappa shape index (κ2) is 23.7. The Morgan fingerprint density at radius 1 is 0.646 bits per heavy atom. The first kappa shape index (κ1) is 42.5. The molecule has 2 aliphatic heterocycles. The van der Waals surface area contributed by atoms with E-state index in [1.807, 2.05) is 6.92 Å². The number of amides is 2. The molecule has 2 amide bonds. The molecule has 2 saturated heterocycles. The fourth-order valence-electron chi connectivity index (χ4n) is 5.10. The number of aliphatic hydroxyl groups excluding tert-OH is 6. The Labute approximate surface area is 280 Å². The van der Waals surface area contributed by atoms with Gasteiger partial charge in [-0.15, -0.1) is 0 Å². The van der Waals surface area contributed by atoms with E-state index in [0.717, 1.165) is 0 Å². The summed E-state index contributed by atoms with van der Waals surface area (Å²) in [7, 11) is 0. The average molecular weight is 701 g/mol. The van der Waals surface area contributed by atoms with Gasteiger partial charge >= 0.3 is 0 Å². The standard InChI is InChI=1S/C30H56N2O16/c1-18(16-43-6-4-41-8-10-45-29-21(31-19(2)35)12-23(37)27(39)25(14-33)47-29)17-44-7-5-42-9-11-46-30-22(32-20(3)36)13-24(38)28(40)26(15-34)48-30/h18,21-30,33-34,37-40H,4-17H2,1-3H3,(H,31,35)(H,32,36). The van der Waals surface area contributed by atoms with Crippen molar-refractivity contribution >= 4 is 11.8 Å². The highest BCUT2D eigenvalue weighted by Crippen LogP contribution is 2.22. The Morgan fingerprint density at radius 2 is 1.00 bits per heavy atom. The van der Waals surface area contributed by atoms with Crippen LogP contribution in [0.25, 0.3) is 0 Å². The molecule has 0 radical (unpaired) electrons. The first-order chi connectivity index (χ1) is 23.0. The van der Waals surface area contributed by atoms with Crippen molar-refractivity contribution in [1.82, 2.24) is 10.6 Å². The Hall–Kier alpha value is -1.62. The van der Waals surface area contributed by atoms with Gasteiger partial charge in [0.05, 0.1) is 104 Å². The summed E-state index contributed by atoms with van der Waals surface area (Å²) in [5.41, 5.74) is 0. The van der Waals surface area contributed by atoms with E-state index in [1.54, 1.807) is 0 Å². The predicted molar refractivity (Wildman–Crippen MR) is 164 cm³/mol. The van der Waals surface area contributed by atoms with Gasteiger partial charge in [0.1, 0.15) is 24.4 Å². The van der Waals surface area contributed by atoms with E-state index < -0.39 is 74.5 Å². The zero-order valence-electron chi connectivity index (χ0n) is 28.0. The number of nitrogens with one attached hydrogen (secondary N) is 2. The van der Waals surface area contributed by atoms with Gasteiger partial charge in [-0.05, 0) is 0 Å². The van der Waals surface area contributed by atoms with Gasteiger partial charge in [0.2, 0.25) is 11.8 Å². The smallest absolute Gasteiger partial charge is 0.217 e. The van der Waals surface area contributed by atoms with E-state index >= 15 is 0 Å². The molecule has 282 valence electrons. The highest BCUT2D eigenvalue weighted by atomic mass is 16.7. The summed E-state index contributed by atoms with van der Waals surface area (Å²) in [4.78, 5) is 23.1. The van der Waals surface area contributed by atoms with Gasteiger partial charge in [0.25, 0.3) is 0 Å². The van der Waals surface area contributed by atoms with Crippen molar-refractivity contribution in [2.45, 2.75) is 94.9 Å². The third kappa shape index (κ3) is 15.9. The maximum atomic E-state index is 11.6. The van der Waals surface area contributed by atoms with E-state index in [0.29, 0.717) is 39.6 Å². The molecule has 0 aromatic heterocycles. The fraction of sp³-hybridized carbons (Fsp3) is 0.933. The van der Waals surface area contributed by atoms with Crippen LogP contribution in [-0.2, 0) is 47.5 Å². The first-order valence-electron chi connectivity index (χ1n) is 16.3. The van der Waals surface area contributed by atoms with Crippen LogP contribution in [-0.4, -0.2) is 183 Å². The van der Waals surface area contributed by atoms with Crippen molar-refractivity contribution in [3.8, 4) is 0 Å². The van der Waals surface area contributed by atoms with Crippen molar-refractivity contribution in [3.63, 3.8) is 0 Å². The van der Waals surface area contributed by atoms with Crippen molar-refractivity contribution in [2.75, 3.05) is 79.3 Å². The van der Waals surface area contributed by atoms with E-state index in [4.69, 9.17) is 37.9 Å². The highest BCUT2D eigenvalue weighted by molar-refractivity contribution is 5.73. The van der Waals surface area contributed by atoms with Crippen LogP contribution in [0.2, 0.25) is 0 Å². The molecule has 18 nitrogen and oxygen atoms in total. The van der Waals surface area contributed by atoms with Crippen LogP contribution in [0.5, 0.6) is 0 Å². The average Bonchev–Trinajstić information content (AvgIpc) is 3.22. The van der Waals surface area contributed by atoms with Crippen LogP contribution >= 0.6 is 0 Å². The van der Waals surface area contributed by atoms with Crippen molar-refractivity contribution < 1.29 is 78.1 Å². The third-order valence-electron chi connectivity index (χ3n) is 7.52. The number of carbonyl (C=O) groups is 2. The number of rotatable bonds is 22. The molecular weight excluding hydrogens is 644 g/mol. The molecule has 2 rings (SSSR count). The summed E-state index contributed by atoms with van der Waals surface area (Å²) in [5.74, 6) is -0.591. The summed E-state index contributed by atoms with van der Waals surface area (Å²) >= 11 is 0. The minimum atomic E-state index is -1.32. The molecule has 0 aromatic rings. The number of carbonyl (C=O) groups excluding carboxylic acids is 2. The molecule has 18 heteroatoms. The van der Waals surface area contributed by atoms with Gasteiger partial charge in [0.15, 0.2) is 12.6 Å². The van der Waals surface area contributed by atoms with Gasteiger partial charge in [-0.1, -0.05) is 6.92 Å². The lowest BCUT2D eigenvalue weighted by Gasteiger charge is -2.27. The normalized spacial score (nSPS) is 31.9. The summed E-state index contributed by atoms with van der Waals surface area (Å²) in [6.07, 6.45) is -9.18.